The number of nitrogens with zero attached hydrogens (tertiary/aromatic N) is 2. The molecule has 2 N–H and O–H groups in total. The van der Waals surface area contributed by atoms with E-state index in [9.17, 15) is 9.59 Å². The Balaban J connectivity index is 1.54. The summed E-state index contributed by atoms with van der Waals surface area (Å²) in [5.41, 5.74) is 3.92. The maximum Gasteiger partial charge on any atom is 0.253 e. The van der Waals surface area contributed by atoms with Crippen LogP contribution in [-0.2, 0) is 4.79 Å². The fourth-order valence-electron chi connectivity index (χ4n) is 5.71. The van der Waals surface area contributed by atoms with Gasteiger partial charge < -0.3 is 15.5 Å². The molecule has 0 aromatic heterocycles. The molecular formula is C30H42N4O2. The van der Waals surface area contributed by atoms with E-state index in [-0.39, 0.29) is 17.9 Å². The van der Waals surface area contributed by atoms with Gasteiger partial charge in [0.2, 0.25) is 5.91 Å². The second kappa shape index (κ2) is 13.0. The third-order valence-corrected chi connectivity index (χ3v) is 7.73. The van der Waals surface area contributed by atoms with Crippen molar-refractivity contribution < 1.29 is 9.59 Å². The topological polar surface area (TPSA) is 64.7 Å². The van der Waals surface area contributed by atoms with Gasteiger partial charge in [-0.25, -0.2) is 0 Å². The molecule has 2 aliphatic rings. The molecule has 1 saturated carbocycles. The minimum absolute atomic E-state index is 0.0694. The van der Waals surface area contributed by atoms with Crippen LogP contribution in [0.25, 0.3) is 0 Å². The molecule has 2 aromatic rings. The molecule has 2 fully saturated rings. The van der Waals surface area contributed by atoms with E-state index in [1.54, 1.807) is 0 Å². The third kappa shape index (κ3) is 6.74. The number of rotatable bonds is 9. The number of hydrogen-bond acceptors (Lipinski definition) is 4. The number of nitrogens with one attached hydrogen (secondary N) is 2. The zero-order valence-corrected chi connectivity index (χ0v) is 22.0. The first-order valence-corrected chi connectivity index (χ1v) is 13.8. The molecule has 6 heteroatoms. The van der Waals surface area contributed by atoms with Crippen LogP contribution in [0.3, 0.4) is 0 Å². The lowest BCUT2D eigenvalue weighted by atomic mass is 9.87. The molecule has 1 aliphatic carbocycles. The van der Waals surface area contributed by atoms with Crippen LogP contribution >= 0.6 is 0 Å². The van der Waals surface area contributed by atoms with Crippen molar-refractivity contribution in [2.24, 2.45) is 5.92 Å². The van der Waals surface area contributed by atoms with E-state index in [1.165, 1.54) is 37.7 Å². The Bertz CT molecular complexity index is 990. The summed E-state index contributed by atoms with van der Waals surface area (Å²) in [6.07, 6.45) is 6.76. The second-order valence-corrected chi connectivity index (χ2v) is 10.2. The maximum atomic E-state index is 12.8. The van der Waals surface area contributed by atoms with Crippen molar-refractivity contribution in [3.8, 4) is 0 Å². The fraction of sp³-hybridized carbons (Fsp3) is 0.533. The molecule has 1 aliphatic heterocycles. The monoisotopic (exact) mass is 490 g/mol. The van der Waals surface area contributed by atoms with Crippen molar-refractivity contribution >= 4 is 17.5 Å². The SMILES string of the molecule is CCN(CC)C(=O)c1ccc(C(c2cccc(NC(=O)CC3CCCCC3)c2)N2CCNCC2)cc1. The van der Waals surface area contributed by atoms with E-state index in [0.717, 1.165) is 43.0 Å². The van der Waals surface area contributed by atoms with Crippen LogP contribution in [0.4, 0.5) is 5.69 Å². The van der Waals surface area contributed by atoms with Crippen LogP contribution in [0, 0.1) is 5.92 Å². The number of amides is 2. The molecule has 1 atom stereocenters. The second-order valence-electron chi connectivity index (χ2n) is 10.2. The van der Waals surface area contributed by atoms with E-state index in [1.807, 2.05) is 43.0 Å². The molecule has 0 bridgehead atoms. The molecule has 1 unspecified atom stereocenters. The maximum absolute atomic E-state index is 12.8. The summed E-state index contributed by atoms with van der Waals surface area (Å²) in [7, 11) is 0. The molecule has 2 amide bonds. The molecule has 2 aromatic carbocycles. The average Bonchev–Trinajstić information content (AvgIpc) is 2.91. The van der Waals surface area contributed by atoms with Crippen LogP contribution < -0.4 is 10.6 Å². The summed E-state index contributed by atoms with van der Waals surface area (Å²) in [5, 5.41) is 6.62. The fourth-order valence-corrected chi connectivity index (χ4v) is 5.71. The Morgan fingerprint density at radius 3 is 2.33 bits per heavy atom. The molecule has 1 saturated heterocycles. The van der Waals surface area contributed by atoms with Gasteiger partial charge in [0.15, 0.2) is 0 Å². The predicted octanol–water partition coefficient (Wildman–Crippen LogP) is 5.07. The van der Waals surface area contributed by atoms with Crippen molar-refractivity contribution in [3.05, 3.63) is 65.2 Å². The van der Waals surface area contributed by atoms with E-state index in [2.05, 4.69) is 39.8 Å². The molecule has 0 spiro atoms. The smallest absolute Gasteiger partial charge is 0.253 e. The highest BCUT2D eigenvalue weighted by Crippen LogP contribution is 2.31. The molecule has 194 valence electrons. The zero-order valence-electron chi connectivity index (χ0n) is 22.0. The first-order valence-electron chi connectivity index (χ1n) is 13.8. The van der Waals surface area contributed by atoms with Gasteiger partial charge in [0.1, 0.15) is 0 Å². The van der Waals surface area contributed by atoms with E-state index in [0.29, 0.717) is 25.4 Å². The van der Waals surface area contributed by atoms with Crippen molar-refractivity contribution in [1.82, 2.24) is 15.1 Å². The molecule has 4 rings (SSSR count). The Morgan fingerprint density at radius 1 is 0.972 bits per heavy atom. The minimum atomic E-state index is 0.0694. The minimum Gasteiger partial charge on any atom is -0.339 e. The highest BCUT2D eigenvalue weighted by atomic mass is 16.2. The lowest BCUT2D eigenvalue weighted by Gasteiger charge is -2.36. The van der Waals surface area contributed by atoms with Gasteiger partial charge in [0.05, 0.1) is 6.04 Å². The van der Waals surface area contributed by atoms with Gasteiger partial charge >= 0.3 is 0 Å². The molecule has 1 heterocycles. The molecular weight excluding hydrogens is 448 g/mol. The lowest BCUT2D eigenvalue weighted by Crippen LogP contribution is -2.45. The van der Waals surface area contributed by atoms with Gasteiger partial charge in [-0.15, -0.1) is 0 Å². The number of anilines is 1. The van der Waals surface area contributed by atoms with E-state index >= 15 is 0 Å². The number of benzene rings is 2. The van der Waals surface area contributed by atoms with Crippen LogP contribution in [0.15, 0.2) is 48.5 Å². The predicted molar refractivity (Wildman–Crippen MR) is 146 cm³/mol. The van der Waals surface area contributed by atoms with Crippen LogP contribution in [-0.4, -0.2) is 60.9 Å². The lowest BCUT2D eigenvalue weighted by molar-refractivity contribution is -0.117. The summed E-state index contributed by atoms with van der Waals surface area (Å²) >= 11 is 0. The van der Waals surface area contributed by atoms with Crippen molar-refractivity contribution in [3.63, 3.8) is 0 Å². The Kier molecular flexibility index (Phi) is 9.54. The summed E-state index contributed by atoms with van der Waals surface area (Å²) in [5.74, 6) is 0.720. The van der Waals surface area contributed by atoms with E-state index in [4.69, 9.17) is 0 Å². The van der Waals surface area contributed by atoms with Gasteiger partial charge in [-0.1, -0.05) is 43.5 Å². The van der Waals surface area contributed by atoms with Crippen molar-refractivity contribution in [1.29, 1.82) is 0 Å². The van der Waals surface area contributed by atoms with Gasteiger partial charge in [-0.05, 0) is 68.0 Å². The Hall–Kier alpha value is -2.70. The Labute approximate surface area is 216 Å². The van der Waals surface area contributed by atoms with Gasteiger partial charge in [-0.3, -0.25) is 14.5 Å². The van der Waals surface area contributed by atoms with Crippen molar-refractivity contribution in [2.45, 2.75) is 58.4 Å². The normalized spacial score (nSPS) is 17.9. The quantitative estimate of drug-likeness (QED) is 0.515. The highest BCUT2D eigenvalue weighted by molar-refractivity contribution is 5.94. The van der Waals surface area contributed by atoms with Gasteiger partial charge in [-0.2, -0.15) is 0 Å². The van der Waals surface area contributed by atoms with Crippen LogP contribution in [0.2, 0.25) is 0 Å². The highest BCUT2D eigenvalue weighted by Gasteiger charge is 2.25. The van der Waals surface area contributed by atoms with Crippen molar-refractivity contribution in [2.75, 3.05) is 44.6 Å². The largest absolute Gasteiger partial charge is 0.339 e. The summed E-state index contributed by atoms with van der Waals surface area (Å²) in [4.78, 5) is 29.9. The number of carbonyl (C=O) groups excluding carboxylic acids is 2. The number of carbonyl (C=O) groups is 2. The summed E-state index contributed by atoms with van der Waals surface area (Å²) < 4.78 is 0. The first kappa shape index (κ1) is 26.4. The number of piperazine rings is 1. The molecule has 0 radical (unpaired) electrons. The van der Waals surface area contributed by atoms with E-state index < -0.39 is 0 Å². The summed E-state index contributed by atoms with van der Waals surface area (Å²) in [6.45, 7) is 9.24. The Morgan fingerprint density at radius 2 is 1.67 bits per heavy atom. The zero-order chi connectivity index (χ0) is 25.3. The standard InChI is InChI=1S/C30H42N4O2/c1-3-33(4-2)30(36)25-15-13-24(14-16-25)29(34-19-17-31-18-20-34)26-11-8-12-27(22-26)32-28(35)21-23-9-6-5-7-10-23/h8,11-16,22-23,29,31H,3-7,9-10,17-21H2,1-2H3,(H,32,35). The third-order valence-electron chi connectivity index (χ3n) is 7.73. The number of hydrogen-bond donors (Lipinski definition) is 2. The first-order chi connectivity index (χ1) is 17.6. The molecule has 6 nitrogen and oxygen atoms in total. The molecule has 36 heavy (non-hydrogen) atoms. The van der Waals surface area contributed by atoms with Gasteiger partial charge in [0.25, 0.3) is 5.91 Å². The van der Waals surface area contributed by atoms with Crippen LogP contribution in [0.5, 0.6) is 0 Å². The van der Waals surface area contributed by atoms with Gasteiger partial charge in [0, 0.05) is 56.9 Å². The summed E-state index contributed by atoms with van der Waals surface area (Å²) in [6, 6.07) is 16.5. The van der Waals surface area contributed by atoms with Crippen LogP contribution in [0.1, 0.15) is 79.9 Å². The average molecular weight is 491 g/mol.